The number of likely N-dealkylation sites (N-methyl/N-ethyl adjacent to an activating group) is 1. The Kier molecular flexibility index (Phi) is 9.47. The van der Waals surface area contributed by atoms with Crippen LogP contribution in [0.1, 0.15) is 16.7 Å². The van der Waals surface area contributed by atoms with Crippen LogP contribution in [0.15, 0.2) is 79.0 Å². The van der Waals surface area contributed by atoms with Gasteiger partial charge in [0.25, 0.3) is 0 Å². The van der Waals surface area contributed by atoms with Gasteiger partial charge in [-0.15, -0.1) is 0 Å². The topological polar surface area (TPSA) is 127 Å². The number of hydrazine groups is 1. The van der Waals surface area contributed by atoms with E-state index in [1.807, 2.05) is 59.4 Å². The first kappa shape index (κ1) is 32.6. The van der Waals surface area contributed by atoms with Crippen molar-refractivity contribution in [1.82, 2.24) is 39.8 Å². The number of ether oxygens (including phenoxy) is 1. The summed E-state index contributed by atoms with van der Waals surface area (Å²) in [7, 11) is 1.72. The van der Waals surface area contributed by atoms with Gasteiger partial charge in [-0.2, -0.15) is 5.10 Å². The van der Waals surface area contributed by atoms with Gasteiger partial charge in [0.1, 0.15) is 18.0 Å². The predicted octanol–water partition coefficient (Wildman–Crippen LogP) is 2.25. The standard InChI is InChI=1S/C36H42N8O5/c1-39-25-33(46)43-31(20-26-10-12-30(45)13-11-26)35(47)41(24-32(43)44(39)36(48)37-21-27-6-3-2-4-7-27)23-29-9-5-8-28-22-38-42(34(28)29)15-14-40-16-18-49-19-17-40/h2-13,22,31-32,45H,14-21,23-25H2,1H3,(H,37,48)/t31-,32-/m0/s1. The lowest BCUT2D eigenvalue weighted by molar-refractivity contribution is -0.187. The Bertz CT molecular complexity index is 1790. The summed E-state index contributed by atoms with van der Waals surface area (Å²) in [6, 6.07) is 21.1. The first-order valence-electron chi connectivity index (χ1n) is 16.8. The SMILES string of the molecule is CN1CC(=O)N2[C@@H](Cc3ccc(O)cc3)C(=O)N(Cc3cccc4cnn(CCN5CCOCC5)c34)C[C@@H]2N1C(=O)NCc1ccccc1. The molecule has 0 saturated carbocycles. The summed E-state index contributed by atoms with van der Waals surface area (Å²) in [5, 5.41) is 21.8. The Labute approximate surface area is 285 Å². The summed E-state index contributed by atoms with van der Waals surface area (Å²) in [6.45, 7) is 5.46. The number of benzene rings is 3. The van der Waals surface area contributed by atoms with Crippen LogP contribution in [0.5, 0.6) is 5.75 Å². The number of nitrogens with zero attached hydrogens (tertiary/aromatic N) is 7. The molecule has 3 aliphatic rings. The van der Waals surface area contributed by atoms with Gasteiger partial charge in [0, 0.05) is 51.6 Å². The molecule has 256 valence electrons. The number of morpholine rings is 1. The summed E-state index contributed by atoms with van der Waals surface area (Å²) in [5.41, 5.74) is 3.66. The molecule has 3 saturated heterocycles. The monoisotopic (exact) mass is 666 g/mol. The van der Waals surface area contributed by atoms with Crippen LogP contribution in [0, 0.1) is 0 Å². The molecule has 13 nitrogen and oxygen atoms in total. The van der Waals surface area contributed by atoms with E-state index < -0.39 is 12.2 Å². The molecule has 0 spiro atoms. The van der Waals surface area contributed by atoms with Gasteiger partial charge >= 0.3 is 6.03 Å². The smallest absolute Gasteiger partial charge is 0.334 e. The molecular formula is C36H42N8O5. The average molecular weight is 667 g/mol. The Morgan fingerprint density at radius 1 is 0.959 bits per heavy atom. The van der Waals surface area contributed by atoms with Crippen LogP contribution in [0.2, 0.25) is 0 Å². The van der Waals surface area contributed by atoms with E-state index in [1.54, 1.807) is 51.1 Å². The Morgan fingerprint density at radius 3 is 2.51 bits per heavy atom. The van der Waals surface area contributed by atoms with Crippen molar-refractivity contribution in [1.29, 1.82) is 0 Å². The first-order chi connectivity index (χ1) is 23.9. The van der Waals surface area contributed by atoms with E-state index in [0.717, 1.165) is 60.4 Å². The van der Waals surface area contributed by atoms with E-state index >= 15 is 0 Å². The van der Waals surface area contributed by atoms with Crippen molar-refractivity contribution in [3.05, 3.63) is 95.7 Å². The number of nitrogens with one attached hydrogen (secondary N) is 1. The molecule has 3 aromatic carbocycles. The Hall–Kier alpha value is -4.98. The van der Waals surface area contributed by atoms with E-state index in [2.05, 4.69) is 10.2 Å². The molecule has 3 fully saturated rings. The van der Waals surface area contributed by atoms with Crippen LogP contribution in [0.25, 0.3) is 10.9 Å². The van der Waals surface area contributed by atoms with E-state index in [-0.39, 0.29) is 49.7 Å². The lowest BCUT2D eigenvalue weighted by atomic mass is 9.98. The fourth-order valence-corrected chi connectivity index (χ4v) is 7.14. The lowest BCUT2D eigenvalue weighted by Gasteiger charge is -2.54. The maximum Gasteiger partial charge on any atom is 0.334 e. The van der Waals surface area contributed by atoms with Gasteiger partial charge in [0.2, 0.25) is 11.8 Å². The molecule has 1 aromatic heterocycles. The van der Waals surface area contributed by atoms with Gasteiger partial charge in [-0.05, 0) is 28.8 Å². The second-order valence-electron chi connectivity index (χ2n) is 12.9. The number of aromatic nitrogens is 2. The number of carbonyl (C=O) groups is 3. The molecule has 2 atom stereocenters. The summed E-state index contributed by atoms with van der Waals surface area (Å²) < 4.78 is 7.52. The molecule has 0 radical (unpaired) electrons. The fraction of sp³-hybridized carbons (Fsp3) is 0.389. The third kappa shape index (κ3) is 6.95. The molecule has 2 N–H and O–H groups in total. The summed E-state index contributed by atoms with van der Waals surface area (Å²) in [6.07, 6.45) is 1.37. The van der Waals surface area contributed by atoms with E-state index in [9.17, 15) is 19.5 Å². The summed E-state index contributed by atoms with van der Waals surface area (Å²) >= 11 is 0. The molecule has 4 aromatic rings. The normalized spacial score (nSPS) is 20.6. The Balaban J connectivity index is 1.19. The molecule has 4 amide bonds. The van der Waals surface area contributed by atoms with Crippen molar-refractivity contribution in [2.75, 3.05) is 53.0 Å². The van der Waals surface area contributed by atoms with Crippen LogP contribution < -0.4 is 5.32 Å². The highest BCUT2D eigenvalue weighted by Crippen LogP contribution is 2.30. The van der Waals surface area contributed by atoms with Gasteiger partial charge in [0.15, 0.2) is 0 Å². The van der Waals surface area contributed by atoms with Crippen LogP contribution in [-0.4, -0.2) is 123 Å². The third-order valence-corrected chi connectivity index (χ3v) is 9.64. The number of amides is 4. The van der Waals surface area contributed by atoms with Crippen LogP contribution in [0.4, 0.5) is 4.79 Å². The van der Waals surface area contributed by atoms with Crippen molar-refractivity contribution in [2.45, 2.75) is 38.3 Å². The Morgan fingerprint density at radius 2 is 1.73 bits per heavy atom. The van der Waals surface area contributed by atoms with Crippen molar-refractivity contribution in [3.8, 4) is 5.75 Å². The van der Waals surface area contributed by atoms with Crippen LogP contribution in [0.3, 0.4) is 0 Å². The zero-order valence-electron chi connectivity index (χ0n) is 27.6. The number of hydrogen-bond acceptors (Lipinski definition) is 8. The van der Waals surface area contributed by atoms with Gasteiger partial charge in [0.05, 0.1) is 44.6 Å². The molecular weight excluding hydrogens is 624 g/mol. The van der Waals surface area contributed by atoms with Crippen molar-refractivity contribution in [3.63, 3.8) is 0 Å². The molecule has 7 rings (SSSR count). The molecule has 0 bridgehead atoms. The van der Waals surface area contributed by atoms with Crippen molar-refractivity contribution >= 4 is 28.7 Å². The largest absolute Gasteiger partial charge is 0.508 e. The number of rotatable bonds is 9. The number of urea groups is 1. The second kappa shape index (κ2) is 14.2. The van der Waals surface area contributed by atoms with E-state index in [4.69, 9.17) is 9.84 Å². The molecule has 0 unspecified atom stereocenters. The molecule has 0 aliphatic carbocycles. The molecule has 49 heavy (non-hydrogen) atoms. The molecule has 3 aliphatic heterocycles. The number of fused-ring (bicyclic) bond motifs is 2. The number of hydrogen-bond donors (Lipinski definition) is 2. The minimum Gasteiger partial charge on any atom is -0.508 e. The summed E-state index contributed by atoms with van der Waals surface area (Å²) in [5.74, 6) is -0.295. The van der Waals surface area contributed by atoms with Crippen LogP contribution in [-0.2, 0) is 40.4 Å². The highest BCUT2D eigenvalue weighted by Gasteiger charge is 2.50. The molecule has 13 heteroatoms. The molecule has 4 heterocycles. The second-order valence-corrected chi connectivity index (χ2v) is 12.9. The quantitative estimate of drug-likeness (QED) is 0.279. The fourth-order valence-electron chi connectivity index (χ4n) is 7.14. The first-order valence-corrected chi connectivity index (χ1v) is 16.8. The van der Waals surface area contributed by atoms with Gasteiger partial charge in [-0.1, -0.05) is 60.7 Å². The average Bonchev–Trinajstić information content (AvgIpc) is 3.54. The van der Waals surface area contributed by atoms with E-state index in [0.29, 0.717) is 13.1 Å². The maximum atomic E-state index is 14.5. The number of para-hydroxylation sites is 1. The number of aromatic hydroxyl groups is 1. The van der Waals surface area contributed by atoms with Crippen molar-refractivity contribution < 1.29 is 24.2 Å². The zero-order chi connectivity index (χ0) is 33.9. The van der Waals surface area contributed by atoms with Gasteiger partial charge < -0.3 is 25.0 Å². The van der Waals surface area contributed by atoms with E-state index in [1.165, 1.54) is 0 Å². The van der Waals surface area contributed by atoms with Gasteiger partial charge in [-0.25, -0.2) is 14.8 Å². The maximum absolute atomic E-state index is 14.5. The number of phenolic OH excluding ortho intramolecular Hbond substituents is 1. The van der Waals surface area contributed by atoms with Gasteiger partial charge in [-0.3, -0.25) is 19.2 Å². The highest BCUT2D eigenvalue weighted by molar-refractivity contribution is 5.92. The third-order valence-electron chi connectivity index (χ3n) is 9.64. The minimum atomic E-state index is -0.848. The predicted molar refractivity (Wildman–Crippen MR) is 182 cm³/mol. The summed E-state index contributed by atoms with van der Waals surface area (Å²) in [4.78, 5) is 47.8. The number of carbonyl (C=O) groups excluding carboxylic acids is 3. The number of piperazine rings is 1. The lowest BCUT2D eigenvalue weighted by Crippen LogP contribution is -2.76. The minimum absolute atomic E-state index is 0.0454. The zero-order valence-corrected chi connectivity index (χ0v) is 27.6. The van der Waals surface area contributed by atoms with Crippen molar-refractivity contribution in [2.24, 2.45) is 0 Å². The highest BCUT2D eigenvalue weighted by atomic mass is 16.5. The van der Waals surface area contributed by atoms with Crippen LogP contribution >= 0.6 is 0 Å². The number of phenols is 1.